The summed E-state index contributed by atoms with van der Waals surface area (Å²) in [6.45, 7) is 9.28. The summed E-state index contributed by atoms with van der Waals surface area (Å²) < 4.78 is 0. The van der Waals surface area contributed by atoms with Crippen LogP contribution in [0.4, 0.5) is 0 Å². The summed E-state index contributed by atoms with van der Waals surface area (Å²) in [6.07, 6.45) is 89.3. The summed E-state index contributed by atoms with van der Waals surface area (Å²) >= 11 is 0. The van der Waals surface area contributed by atoms with Crippen LogP contribution in [-0.2, 0) is 0 Å². The molecule has 0 heterocycles. The summed E-state index contributed by atoms with van der Waals surface area (Å²) in [7, 11) is 0. The van der Waals surface area contributed by atoms with Crippen LogP contribution in [0.1, 0.15) is 342 Å². The minimum Gasteiger partial charge on any atom is -0.0885 e. The molecule has 0 aromatic heterocycles. The van der Waals surface area contributed by atoms with E-state index in [1.807, 2.05) is 0 Å². The minimum atomic E-state index is 0.216. The van der Waals surface area contributed by atoms with Crippen molar-refractivity contribution in [3.8, 4) is 0 Å². The Morgan fingerprint density at radius 1 is 0.194 bits per heavy atom. The average molecular weight is 864 g/mol. The second-order valence-electron chi connectivity index (χ2n) is 20.4. The van der Waals surface area contributed by atoms with Gasteiger partial charge in [-0.1, -0.05) is 320 Å². The van der Waals surface area contributed by atoms with E-state index in [0.717, 1.165) is 0 Å². The van der Waals surface area contributed by atoms with E-state index in [1.165, 1.54) is 315 Å². The standard InChI is InChI=1S/C62H118/c1-5-9-13-17-21-25-29-33-36-40-44-48-52-56-60-62(58-54-50-46-42-38-32-28-24-20-16-12-8-4,59-55-51-47-43-39-35-31-27-23-19-15-11-7-3)61-57-53-49-45-41-37-34-30-26-22-18-14-10-6-2/h50-52,54-57,61H,5-49,53,58-60H2,1-4H3. The molecule has 0 radical (unpaired) electrons. The van der Waals surface area contributed by atoms with E-state index in [0.29, 0.717) is 0 Å². The Kier molecular flexibility index (Phi) is 53.4. The Balaban J connectivity index is 5.21. The van der Waals surface area contributed by atoms with E-state index in [-0.39, 0.29) is 5.41 Å². The molecule has 0 aliphatic carbocycles. The van der Waals surface area contributed by atoms with Gasteiger partial charge in [0.15, 0.2) is 0 Å². The molecule has 0 saturated heterocycles. The molecule has 0 spiro atoms. The molecular weight excluding hydrogens is 745 g/mol. The highest BCUT2D eigenvalue weighted by Crippen LogP contribution is 2.36. The van der Waals surface area contributed by atoms with E-state index in [2.05, 4.69) is 76.3 Å². The number of hydrogen-bond donors (Lipinski definition) is 0. The molecule has 1 unspecified atom stereocenters. The smallest absolute Gasteiger partial charge is 0.00149 e. The van der Waals surface area contributed by atoms with Crippen LogP contribution in [-0.4, -0.2) is 0 Å². The van der Waals surface area contributed by atoms with Gasteiger partial charge in [-0.25, -0.2) is 0 Å². The first kappa shape index (κ1) is 61.0. The van der Waals surface area contributed by atoms with Crippen LogP contribution in [0.25, 0.3) is 0 Å². The molecule has 0 aliphatic rings. The van der Waals surface area contributed by atoms with Gasteiger partial charge < -0.3 is 0 Å². The minimum absolute atomic E-state index is 0.216. The maximum Gasteiger partial charge on any atom is -0.00149 e. The second-order valence-corrected chi connectivity index (χ2v) is 20.4. The van der Waals surface area contributed by atoms with Gasteiger partial charge in [0.05, 0.1) is 0 Å². The zero-order chi connectivity index (χ0) is 44.8. The molecule has 0 N–H and O–H groups in total. The fourth-order valence-electron chi connectivity index (χ4n) is 9.45. The Labute approximate surface area is 394 Å². The van der Waals surface area contributed by atoms with Crippen molar-refractivity contribution in [2.24, 2.45) is 5.41 Å². The van der Waals surface area contributed by atoms with E-state index in [1.54, 1.807) is 0 Å². The normalized spacial score (nSPS) is 13.3. The zero-order valence-corrected chi connectivity index (χ0v) is 43.8. The van der Waals surface area contributed by atoms with Crippen molar-refractivity contribution in [1.82, 2.24) is 0 Å². The Bertz CT molecular complexity index is 918. The quantitative estimate of drug-likeness (QED) is 0.0422. The third-order valence-electron chi connectivity index (χ3n) is 13.9. The lowest BCUT2D eigenvalue weighted by atomic mass is 9.77. The highest BCUT2D eigenvalue weighted by atomic mass is 14.3. The molecule has 0 nitrogen and oxygen atoms in total. The number of unbranched alkanes of at least 4 members (excludes halogenated alkanes) is 42. The molecule has 1 atom stereocenters. The molecule has 0 fully saturated rings. The van der Waals surface area contributed by atoms with Gasteiger partial charge in [0, 0.05) is 0 Å². The monoisotopic (exact) mass is 863 g/mol. The zero-order valence-electron chi connectivity index (χ0n) is 43.8. The predicted molar refractivity (Wildman–Crippen MR) is 288 cm³/mol. The third kappa shape index (κ3) is 48.4. The van der Waals surface area contributed by atoms with Gasteiger partial charge in [0.1, 0.15) is 0 Å². The topological polar surface area (TPSA) is 0 Å². The van der Waals surface area contributed by atoms with Gasteiger partial charge >= 0.3 is 0 Å². The van der Waals surface area contributed by atoms with Crippen LogP contribution in [0, 0.1) is 5.41 Å². The van der Waals surface area contributed by atoms with Crippen LogP contribution < -0.4 is 0 Å². The fraction of sp³-hybridized carbons (Fsp3) is 0.871. The third-order valence-corrected chi connectivity index (χ3v) is 13.9. The van der Waals surface area contributed by atoms with Crippen LogP contribution in [0.5, 0.6) is 0 Å². The first-order valence-corrected chi connectivity index (χ1v) is 29.4. The molecule has 62 heavy (non-hydrogen) atoms. The maximum absolute atomic E-state index is 2.70. The highest BCUT2D eigenvalue weighted by Gasteiger charge is 2.23. The van der Waals surface area contributed by atoms with Crippen LogP contribution >= 0.6 is 0 Å². The van der Waals surface area contributed by atoms with Crippen molar-refractivity contribution in [3.63, 3.8) is 0 Å². The number of hydrogen-bond acceptors (Lipinski definition) is 0. The Morgan fingerprint density at radius 3 is 0.581 bits per heavy atom. The van der Waals surface area contributed by atoms with Crippen LogP contribution in [0.2, 0.25) is 0 Å². The molecule has 0 saturated carbocycles. The van der Waals surface area contributed by atoms with E-state index < -0.39 is 0 Å². The first-order valence-electron chi connectivity index (χ1n) is 29.4. The van der Waals surface area contributed by atoms with Gasteiger partial charge in [-0.2, -0.15) is 0 Å². The van der Waals surface area contributed by atoms with Gasteiger partial charge in [-0.05, 0) is 76.0 Å². The van der Waals surface area contributed by atoms with Crippen LogP contribution in [0.15, 0.2) is 48.6 Å². The summed E-state index contributed by atoms with van der Waals surface area (Å²) in [5, 5.41) is 0. The van der Waals surface area contributed by atoms with Crippen molar-refractivity contribution < 1.29 is 0 Å². The lowest BCUT2D eigenvalue weighted by molar-refractivity contribution is 0.394. The summed E-state index contributed by atoms with van der Waals surface area (Å²) in [5.74, 6) is 0. The molecule has 0 aromatic rings. The second kappa shape index (κ2) is 54.3. The van der Waals surface area contributed by atoms with Gasteiger partial charge in [-0.15, -0.1) is 0 Å². The number of allylic oxidation sites excluding steroid dienone is 8. The molecule has 366 valence electrons. The van der Waals surface area contributed by atoms with Crippen molar-refractivity contribution in [2.45, 2.75) is 342 Å². The van der Waals surface area contributed by atoms with Crippen LogP contribution in [0.3, 0.4) is 0 Å². The molecule has 0 rings (SSSR count). The van der Waals surface area contributed by atoms with Crippen molar-refractivity contribution in [1.29, 1.82) is 0 Å². The first-order chi connectivity index (χ1) is 30.7. The maximum atomic E-state index is 2.70. The lowest BCUT2D eigenvalue weighted by Crippen LogP contribution is -2.15. The summed E-state index contributed by atoms with van der Waals surface area (Å²) in [6, 6.07) is 0. The molecule has 0 aliphatic heterocycles. The lowest BCUT2D eigenvalue weighted by Gasteiger charge is -2.28. The molecule has 0 amide bonds. The largest absolute Gasteiger partial charge is 0.0885 e. The Hall–Kier alpha value is -1.04. The average Bonchev–Trinajstić information content (AvgIpc) is 3.28. The fourth-order valence-corrected chi connectivity index (χ4v) is 9.45. The Morgan fingerprint density at radius 2 is 0.371 bits per heavy atom. The SMILES string of the molecule is CCCCCCCCCCCC=CCC(C=CCCCCCCCCCCCCCC)(CC=CCCCCCCCCCCCC)CC=CCCCCCCCCCCCCC. The highest BCUT2D eigenvalue weighted by molar-refractivity contribution is 5.10. The summed E-state index contributed by atoms with van der Waals surface area (Å²) in [4.78, 5) is 0. The van der Waals surface area contributed by atoms with Crippen molar-refractivity contribution in [2.75, 3.05) is 0 Å². The molecule has 0 bridgehead atoms. The van der Waals surface area contributed by atoms with E-state index >= 15 is 0 Å². The number of rotatable bonds is 53. The van der Waals surface area contributed by atoms with Crippen molar-refractivity contribution >= 4 is 0 Å². The molecule has 0 aromatic carbocycles. The van der Waals surface area contributed by atoms with Gasteiger partial charge in [-0.3, -0.25) is 0 Å². The van der Waals surface area contributed by atoms with E-state index in [4.69, 9.17) is 0 Å². The van der Waals surface area contributed by atoms with Gasteiger partial charge in [0.2, 0.25) is 0 Å². The van der Waals surface area contributed by atoms with E-state index in [9.17, 15) is 0 Å². The molecular formula is C62H118. The van der Waals surface area contributed by atoms with Crippen molar-refractivity contribution in [3.05, 3.63) is 48.6 Å². The predicted octanol–water partition coefficient (Wildman–Crippen LogP) is 23.4. The van der Waals surface area contributed by atoms with Gasteiger partial charge in [0.25, 0.3) is 0 Å². The summed E-state index contributed by atoms with van der Waals surface area (Å²) in [5.41, 5.74) is 0.216. The molecule has 0 heteroatoms.